The average Bonchev–Trinajstić information content (AvgIpc) is 2.72. The number of fused-ring (bicyclic) bond motifs is 2. The van der Waals surface area contributed by atoms with E-state index in [0.29, 0.717) is 0 Å². The zero-order valence-electron chi connectivity index (χ0n) is 12.7. The van der Waals surface area contributed by atoms with Gasteiger partial charge in [0.1, 0.15) is 5.82 Å². The summed E-state index contributed by atoms with van der Waals surface area (Å²) in [6, 6.07) is 11.5. The largest absolute Gasteiger partial charge is 0.314 e. The first kappa shape index (κ1) is 15.5. The molecule has 0 amide bonds. The van der Waals surface area contributed by atoms with Gasteiger partial charge in [-0.3, -0.25) is 4.90 Å². The number of benzene rings is 2. The SMILES string of the molecule is Fc1ccc2c(c1)C(N1CCNCC1)Cc1cc(Cl)ccc1S2. The molecule has 0 spiro atoms. The van der Waals surface area contributed by atoms with Crippen molar-refractivity contribution in [1.82, 2.24) is 10.2 Å². The molecule has 0 radical (unpaired) electrons. The van der Waals surface area contributed by atoms with E-state index in [1.54, 1.807) is 23.9 Å². The van der Waals surface area contributed by atoms with E-state index in [1.165, 1.54) is 10.5 Å². The van der Waals surface area contributed by atoms with Gasteiger partial charge in [-0.25, -0.2) is 4.39 Å². The average molecular weight is 349 g/mol. The van der Waals surface area contributed by atoms with Crippen molar-refractivity contribution in [3.63, 3.8) is 0 Å². The molecule has 2 heterocycles. The standard InChI is InChI=1S/C18H18ClFN2S/c19-13-1-3-17-12(9-13)10-16(22-7-5-21-6-8-22)15-11-14(20)2-4-18(15)23-17/h1-4,9,11,16,21H,5-8,10H2. The van der Waals surface area contributed by atoms with Crippen molar-refractivity contribution in [2.45, 2.75) is 22.3 Å². The Morgan fingerprint density at radius 3 is 2.70 bits per heavy atom. The molecule has 120 valence electrons. The predicted octanol–water partition coefficient (Wildman–Crippen LogP) is 4.13. The summed E-state index contributed by atoms with van der Waals surface area (Å²) in [4.78, 5) is 4.83. The van der Waals surface area contributed by atoms with Crippen molar-refractivity contribution in [1.29, 1.82) is 0 Å². The molecule has 2 aromatic carbocycles. The molecule has 1 saturated heterocycles. The van der Waals surface area contributed by atoms with Crippen LogP contribution in [0.5, 0.6) is 0 Å². The molecule has 1 N–H and O–H groups in total. The van der Waals surface area contributed by atoms with Gasteiger partial charge in [0.15, 0.2) is 0 Å². The van der Waals surface area contributed by atoms with Gasteiger partial charge in [-0.15, -0.1) is 0 Å². The number of hydrogen-bond donors (Lipinski definition) is 1. The van der Waals surface area contributed by atoms with Gasteiger partial charge < -0.3 is 5.32 Å². The minimum Gasteiger partial charge on any atom is -0.314 e. The van der Waals surface area contributed by atoms with E-state index in [9.17, 15) is 4.39 Å². The second-order valence-corrected chi connectivity index (χ2v) is 7.56. The van der Waals surface area contributed by atoms with Crippen molar-refractivity contribution in [3.05, 3.63) is 58.4 Å². The minimum atomic E-state index is -0.159. The predicted molar refractivity (Wildman–Crippen MR) is 92.9 cm³/mol. The lowest BCUT2D eigenvalue weighted by Crippen LogP contribution is -2.45. The summed E-state index contributed by atoms with van der Waals surface area (Å²) >= 11 is 7.93. The fourth-order valence-electron chi connectivity index (χ4n) is 3.44. The Kier molecular flexibility index (Phi) is 4.33. The highest BCUT2D eigenvalue weighted by Gasteiger charge is 2.28. The van der Waals surface area contributed by atoms with Gasteiger partial charge in [0.25, 0.3) is 0 Å². The molecule has 2 aromatic rings. The number of nitrogens with one attached hydrogen (secondary N) is 1. The monoisotopic (exact) mass is 348 g/mol. The Labute approximate surface area is 145 Å². The Bertz CT molecular complexity index is 731. The smallest absolute Gasteiger partial charge is 0.123 e. The summed E-state index contributed by atoms with van der Waals surface area (Å²) in [6.45, 7) is 3.94. The lowest BCUT2D eigenvalue weighted by atomic mass is 9.96. The highest BCUT2D eigenvalue weighted by molar-refractivity contribution is 7.99. The van der Waals surface area contributed by atoms with Crippen LogP contribution in [0.3, 0.4) is 0 Å². The van der Waals surface area contributed by atoms with Crippen LogP contribution in [0.4, 0.5) is 4.39 Å². The topological polar surface area (TPSA) is 15.3 Å². The third-order valence-corrected chi connectivity index (χ3v) is 6.02. The molecular weight excluding hydrogens is 331 g/mol. The number of halogens is 2. The van der Waals surface area contributed by atoms with Crippen molar-refractivity contribution in [3.8, 4) is 0 Å². The van der Waals surface area contributed by atoms with Crippen molar-refractivity contribution in [2.24, 2.45) is 0 Å². The molecule has 1 unspecified atom stereocenters. The van der Waals surface area contributed by atoms with Gasteiger partial charge >= 0.3 is 0 Å². The maximum atomic E-state index is 13.9. The number of piperazine rings is 1. The molecule has 1 atom stereocenters. The lowest BCUT2D eigenvalue weighted by Gasteiger charge is -2.35. The normalized spacial score (nSPS) is 21.4. The quantitative estimate of drug-likeness (QED) is 0.834. The van der Waals surface area contributed by atoms with E-state index < -0.39 is 0 Å². The lowest BCUT2D eigenvalue weighted by molar-refractivity contribution is 0.170. The van der Waals surface area contributed by atoms with Crippen LogP contribution in [0.25, 0.3) is 0 Å². The fourth-order valence-corrected chi connectivity index (χ4v) is 4.73. The van der Waals surface area contributed by atoms with Crippen LogP contribution in [-0.2, 0) is 6.42 Å². The minimum absolute atomic E-state index is 0.159. The molecule has 0 aliphatic carbocycles. The second kappa shape index (κ2) is 6.44. The van der Waals surface area contributed by atoms with Crippen LogP contribution < -0.4 is 5.32 Å². The first-order chi connectivity index (χ1) is 11.2. The van der Waals surface area contributed by atoms with Crippen molar-refractivity contribution < 1.29 is 4.39 Å². The Morgan fingerprint density at radius 2 is 1.87 bits per heavy atom. The Hall–Kier alpha value is -1.07. The summed E-state index contributed by atoms with van der Waals surface area (Å²) in [5.41, 5.74) is 2.35. The maximum Gasteiger partial charge on any atom is 0.123 e. The third kappa shape index (κ3) is 3.13. The first-order valence-corrected chi connectivity index (χ1v) is 9.10. The number of hydrogen-bond acceptors (Lipinski definition) is 3. The van der Waals surface area contributed by atoms with Crippen molar-refractivity contribution in [2.75, 3.05) is 26.2 Å². The van der Waals surface area contributed by atoms with E-state index >= 15 is 0 Å². The van der Waals surface area contributed by atoms with Gasteiger partial charge in [-0.1, -0.05) is 23.4 Å². The third-order valence-electron chi connectivity index (χ3n) is 4.58. The summed E-state index contributed by atoms with van der Waals surface area (Å²) < 4.78 is 13.9. The zero-order valence-corrected chi connectivity index (χ0v) is 14.3. The Morgan fingerprint density at radius 1 is 1.09 bits per heavy atom. The summed E-state index contributed by atoms with van der Waals surface area (Å²) in [7, 11) is 0. The molecule has 2 nitrogen and oxygen atoms in total. The number of nitrogens with zero attached hydrogens (tertiary/aromatic N) is 1. The molecule has 0 aromatic heterocycles. The zero-order chi connectivity index (χ0) is 15.8. The molecular formula is C18H18ClFN2S. The molecule has 0 saturated carbocycles. The second-order valence-electron chi connectivity index (χ2n) is 6.04. The van der Waals surface area contributed by atoms with Crippen LogP contribution in [0.15, 0.2) is 46.2 Å². The van der Waals surface area contributed by atoms with E-state index in [-0.39, 0.29) is 11.9 Å². The van der Waals surface area contributed by atoms with Gasteiger partial charge in [0.2, 0.25) is 0 Å². The van der Waals surface area contributed by atoms with Crippen molar-refractivity contribution >= 4 is 23.4 Å². The van der Waals surface area contributed by atoms with Gasteiger partial charge in [0.05, 0.1) is 0 Å². The molecule has 23 heavy (non-hydrogen) atoms. The molecule has 5 heteroatoms. The van der Waals surface area contributed by atoms with Crippen LogP contribution >= 0.6 is 23.4 Å². The highest BCUT2D eigenvalue weighted by atomic mass is 35.5. The van der Waals surface area contributed by atoms with Crippen LogP contribution in [0.2, 0.25) is 5.02 Å². The van der Waals surface area contributed by atoms with Crippen LogP contribution in [-0.4, -0.2) is 31.1 Å². The molecule has 0 bridgehead atoms. The fraction of sp³-hybridized carbons (Fsp3) is 0.333. The van der Waals surface area contributed by atoms with Gasteiger partial charge in [-0.2, -0.15) is 0 Å². The molecule has 4 rings (SSSR count). The van der Waals surface area contributed by atoms with E-state index in [0.717, 1.165) is 48.1 Å². The molecule has 1 fully saturated rings. The van der Waals surface area contributed by atoms with E-state index in [1.807, 2.05) is 12.1 Å². The van der Waals surface area contributed by atoms with Crippen LogP contribution in [0, 0.1) is 5.82 Å². The summed E-state index contributed by atoms with van der Waals surface area (Å²) in [6.07, 6.45) is 0.874. The maximum absolute atomic E-state index is 13.9. The van der Waals surface area contributed by atoms with E-state index in [4.69, 9.17) is 11.6 Å². The van der Waals surface area contributed by atoms with E-state index in [2.05, 4.69) is 22.3 Å². The Balaban J connectivity index is 1.81. The highest BCUT2D eigenvalue weighted by Crippen LogP contribution is 2.43. The summed E-state index contributed by atoms with van der Waals surface area (Å²) in [5, 5.41) is 4.16. The molecule has 2 aliphatic rings. The first-order valence-electron chi connectivity index (χ1n) is 7.91. The van der Waals surface area contributed by atoms with Gasteiger partial charge in [-0.05, 0) is 53.9 Å². The van der Waals surface area contributed by atoms with Crippen LogP contribution in [0.1, 0.15) is 17.2 Å². The van der Waals surface area contributed by atoms with Gasteiger partial charge in [0, 0.05) is 47.0 Å². The summed E-state index contributed by atoms with van der Waals surface area (Å²) in [5.74, 6) is -0.159. The molecule has 2 aliphatic heterocycles. The number of rotatable bonds is 1.